The van der Waals surface area contributed by atoms with Crippen LogP contribution in [0.15, 0.2) is 0 Å². The van der Waals surface area contributed by atoms with E-state index in [4.69, 9.17) is 9.72 Å². The fourth-order valence-electron chi connectivity index (χ4n) is 2.19. The third-order valence-corrected chi connectivity index (χ3v) is 4.47. The average molecular weight is 240 g/mol. The van der Waals surface area contributed by atoms with Gasteiger partial charge in [0.25, 0.3) is 0 Å². The molecule has 1 saturated heterocycles. The summed E-state index contributed by atoms with van der Waals surface area (Å²) in [4.78, 5) is 6.02. The van der Waals surface area contributed by atoms with Gasteiger partial charge < -0.3 is 10.1 Å². The molecule has 1 aliphatic rings. The van der Waals surface area contributed by atoms with Crippen molar-refractivity contribution in [3.05, 3.63) is 15.6 Å². The largest absolute Gasteiger partial charge is 0.379 e. The van der Waals surface area contributed by atoms with Gasteiger partial charge in [-0.2, -0.15) is 0 Å². The molecule has 0 aromatic carbocycles. The lowest BCUT2D eigenvalue weighted by atomic mass is 9.93. The maximum absolute atomic E-state index is 5.65. The Labute approximate surface area is 101 Å². The maximum atomic E-state index is 5.65. The van der Waals surface area contributed by atoms with Gasteiger partial charge in [-0.15, -0.1) is 11.3 Å². The fraction of sp³-hybridized carbons (Fsp3) is 0.750. The van der Waals surface area contributed by atoms with E-state index in [0.29, 0.717) is 0 Å². The summed E-state index contributed by atoms with van der Waals surface area (Å²) in [6.45, 7) is 8.97. The third kappa shape index (κ3) is 2.14. The zero-order valence-corrected chi connectivity index (χ0v) is 11.1. The van der Waals surface area contributed by atoms with Gasteiger partial charge in [0.15, 0.2) is 0 Å². The molecule has 1 aromatic rings. The first kappa shape index (κ1) is 12.0. The van der Waals surface area contributed by atoms with Crippen molar-refractivity contribution in [1.82, 2.24) is 10.3 Å². The van der Waals surface area contributed by atoms with E-state index >= 15 is 0 Å². The summed E-state index contributed by atoms with van der Waals surface area (Å²) in [5, 5.41) is 4.78. The highest BCUT2D eigenvalue weighted by Gasteiger charge is 2.36. The second-order valence-corrected chi connectivity index (χ2v) is 5.63. The number of nitrogens with zero attached hydrogens (tertiary/aromatic N) is 1. The molecule has 0 bridgehead atoms. The van der Waals surface area contributed by atoms with Gasteiger partial charge in [-0.25, -0.2) is 4.98 Å². The van der Waals surface area contributed by atoms with Crippen molar-refractivity contribution in [2.24, 2.45) is 0 Å². The number of aryl methyl sites for hydroxylation is 2. The maximum Gasteiger partial charge on any atom is 0.116 e. The third-order valence-electron chi connectivity index (χ3n) is 3.19. The van der Waals surface area contributed by atoms with Crippen molar-refractivity contribution in [3.8, 4) is 0 Å². The number of rotatable bonds is 3. The molecule has 4 heteroatoms. The number of thiazole rings is 1. The smallest absolute Gasteiger partial charge is 0.116 e. The molecule has 3 nitrogen and oxygen atoms in total. The summed E-state index contributed by atoms with van der Waals surface area (Å²) in [5.41, 5.74) is 1.12. The van der Waals surface area contributed by atoms with E-state index in [1.165, 1.54) is 9.88 Å². The van der Waals surface area contributed by atoms with Crippen LogP contribution >= 0.6 is 11.3 Å². The standard InChI is InChI=1S/C12H20N2OS/c1-4-13-12(6-5-7-15-8-12)11-14-9(2)10(3)16-11/h13H,4-8H2,1-3H3. The first-order valence-corrected chi connectivity index (χ1v) is 6.77. The molecule has 1 fully saturated rings. The summed E-state index contributed by atoms with van der Waals surface area (Å²) in [6.07, 6.45) is 2.25. The highest BCUT2D eigenvalue weighted by atomic mass is 32.1. The van der Waals surface area contributed by atoms with E-state index in [0.717, 1.165) is 38.3 Å². The van der Waals surface area contributed by atoms with E-state index in [1.807, 2.05) is 0 Å². The van der Waals surface area contributed by atoms with Crippen LogP contribution in [0.25, 0.3) is 0 Å². The van der Waals surface area contributed by atoms with Crippen LogP contribution in [0.5, 0.6) is 0 Å². The summed E-state index contributed by atoms with van der Waals surface area (Å²) in [5.74, 6) is 0. The Kier molecular flexibility index (Phi) is 3.62. The predicted octanol–water partition coefficient (Wildman–Crippen LogP) is 2.38. The van der Waals surface area contributed by atoms with Gasteiger partial charge in [0.2, 0.25) is 0 Å². The summed E-state index contributed by atoms with van der Waals surface area (Å²) < 4.78 is 5.65. The van der Waals surface area contributed by atoms with Crippen molar-refractivity contribution in [3.63, 3.8) is 0 Å². The van der Waals surface area contributed by atoms with Gasteiger partial charge in [-0.05, 0) is 33.2 Å². The van der Waals surface area contributed by atoms with Crippen LogP contribution in [-0.2, 0) is 10.3 Å². The highest BCUT2D eigenvalue weighted by molar-refractivity contribution is 7.11. The normalized spacial score (nSPS) is 25.9. The molecule has 1 aromatic heterocycles. The van der Waals surface area contributed by atoms with Crippen molar-refractivity contribution < 1.29 is 4.74 Å². The van der Waals surface area contributed by atoms with E-state index in [2.05, 4.69) is 26.1 Å². The van der Waals surface area contributed by atoms with Gasteiger partial charge in [-0.3, -0.25) is 0 Å². The molecule has 2 heterocycles. The zero-order valence-electron chi connectivity index (χ0n) is 10.3. The molecule has 0 aliphatic carbocycles. The van der Waals surface area contributed by atoms with Crippen LogP contribution < -0.4 is 5.32 Å². The van der Waals surface area contributed by atoms with E-state index in [1.54, 1.807) is 11.3 Å². The van der Waals surface area contributed by atoms with Gasteiger partial charge in [0, 0.05) is 11.5 Å². The lowest BCUT2D eigenvalue weighted by Crippen LogP contribution is -2.48. The number of hydrogen-bond donors (Lipinski definition) is 1. The van der Waals surface area contributed by atoms with Crippen LogP contribution in [0.1, 0.15) is 35.3 Å². The molecule has 16 heavy (non-hydrogen) atoms. The van der Waals surface area contributed by atoms with Crippen LogP contribution in [0.4, 0.5) is 0 Å². The molecule has 0 radical (unpaired) electrons. The molecular weight excluding hydrogens is 220 g/mol. The van der Waals surface area contributed by atoms with Crippen molar-refractivity contribution in [2.45, 2.75) is 39.2 Å². The number of hydrogen-bond acceptors (Lipinski definition) is 4. The minimum atomic E-state index is -0.0311. The van der Waals surface area contributed by atoms with Crippen LogP contribution in [0.2, 0.25) is 0 Å². The molecule has 90 valence electrons. The Morgan fingerprint density at radius 3 is 2.81 bits per heavy atom. The molecule has 1 unspecified atom stereocenters. The first-order valence-electron chi connectivity index (χ1n) is 5.95. The summed E-state index contributed by atoms with van der Waals surface area (Å²) in [7, 11) is 0. The SMILES string of the molecule is CCNC1(c2nc(C)c(C)s2)CCCOC1. The van der Waals surface area contributed by atoms with Gasteiger partial charge in [0.05, 0.1) is 17.8 Å². The van der Waals surface area contributed by atoms with E-state index < -0.39 is 0 Å². The Bertz CT molecular complexity index is 331. The van der Waals surface area contributed by atoms with Crippen molar-refractivity contribution >= 4 is 11.3 Å². The van der Waals surface area contributed by atoms with Gasteiger partial charge in [-0.1, -0.05) is 6.92 Å². The lowest BCUT2D eigenvalue weighted by molar-refractivity contribution is 0.0188. The zero-order chi connectivity index (χ0) is 11.6. The van der Waals surface area contributed by atoms with E-state index in [9.17, 15) is 0 Å². The Balaban J connectivity index is 2.30. The topological polar surface area (TPSA) is 34.2 Å². The quantitative estimate of drug-likeness (QED) is 0.881. The van der Waals surface area contributed by atoms with E-state index in [-0.39, 0.29) is 5.54 Å². The van der Waals surface area contributed by atoms with Crippen molar-refractivity contribution in [1.29, 1.82) is 0 Å². The van der Waals surface area contributed by atoms with Crippen LogP contribution in [0, 0.1) is 13.8 Å². The predicted molar refractivity (Wildman–Crippen MR) is 67.0 cm³/mol. The molecule has 1 N–H and O–H groups in total. The summed E-state index contributed by atoms with van der Waals surface area (Å²) in [6, 6.07) is 0. The molecule has 0 saturated carbocycles. The monoisotopic (exact) mass is 240 g/mol. The first-order chi connectivity index (χ1) is 7.68. The fourth-order valence-corrected chi connectivity index (χ4v) is 3.29. The highest BCUT2D eigenvalue weighted by Crippen LogP contribution is 2.34. The minimum absolute atomic E-state index is 0.0311. The number of likely N-dealkylation sites (N-methyl/N-ethyl adjacent to an activating group) is 1. The average Bonchev–Trinajstić information content (AvgIpc) is 2.62. The number of nitrogens with one attached hydrogen (secondary N) is 1. The van der Waals surface area contributed by atoms with Crippen molar-refractivity contribution in [2.75, 3.05) is 19.8 Å². The Morgan fingerprint density at radius 1 is 1.50 bits per heavy atom. The second-order valence-electron chi connectivity index (χ2n) is 4.43. The molecule has 1 aliphatic heterocycles. The molecular formula is C12H20N2OS. The van der Waals surface area contributed by atoms with Crippen LogP contribution in [0.3, 0.4) is 0 Å². The minimum Gasteiger partial charge on any atom is -0.379 e. The Morgan fingerprint density at radius 2 is 2.31 bits per heavy atom. The molecule has 0 spiro atoms. The summed E-state index contributed by atoms with van der Waals surface area (Å²) >= 11 is 1.81. The van der Waals surface area contributed by atoms with Gasteiger partial charge in [0.1, 0.15) is 5.01 Å². The molecule has 1 atom stereocenters. The number of aromatic nitrogens is 1. The van der Waals surface area contributed by atoms with Gasteiger partial charge >= 0.3 is 0 Å². The molecule has 2 rings (SSSR count). The lowest BCUT2D eigenvalue weighted by Gasteiger charge is -2.36. The molecule has 0 amide bonds. The Hall–Kier alpha value is -0.450. The van der Waals surface area contributed by atoms with Crippen LogP contribution in [-0.4, -0.2) is 24.7 Å². The second kappa shape index (κ2) is 4.82. The number of ether oxygens (including phenoxy) is 1.